The van der Waals surface area contributed by atoms with E-state index in [1.165, 1.54) is 7.11 Å². The molecule has 0 bridgehead atoms. The monoisotopic (exact) mass is 163 g/mol. The summed E-state index contributed by atoms with van der Waals surface area (Å²) in [4.78, 5) is 3.00. The molecule has 0 amide bonds. The Morgan fingerprint density at radius 3 is 3.00 bits per heavy atom. The van der Waals surface area contributed by atoms with Gasteiger partial charge in [0, 0.05) is 23.2 Å². The maximum atomic E-state index is 9.38. The molecule has 1 heterocycles. The number of rotatable bonds is 1. The number of benzene rings is 1. The molecule has 0 aliphatic heterocycles. The summed E-state index contributed by atoms with van der Waals surface area (Å²) in [5, 5.41) is 10.4. The molecule has 12 heavy (non-hydrogen) atoms. The van der Waals surface area contributed by atoms with Crippen LogP contribution in [0.15, 0.2) is 24.4 Å². The van der Waals surface area contributed by atoms with Gasteiger partial charge in [0.1, 0.15) is 0 Å². The minimum absolute atomic E-state index is 0.160. The van der Waals surface area contributed by atoms with Crippen LogP contribution >= 0.6 is 0 Å². The average molecular weight is 163 g/mol. The van der Waals surface area contributed by atoms with E-state index >= 15 is 0 Å². The van der Waals surface area contributed by atoms with Gasteiger partial charge in [0.05, 0.1) is 7.11 Å². The van der Waals surface area contributed by atoms with Gasteiger partial charge in [0.2, 0.25) is 0 Å². The predicted octanol–water partition coefficient (Wildman–Crippen LogP) is 1.88. The van der Waals surface area contributed by atoms with E-state index in [9.17, 15) is 5.11 Å². The fourth-order valence-electron chi connectivity index (χ4n) is 1.23. The summed E-state index contributed by atoms with van der Waals surface area (Å²) >= 11 is 0. The molecule has 1 aromatic heterocycles. The Kier molecular flexibility index (Phi) is 1.43. The van der Waals surface area contributed by atoms with Crippen LogP contribution < -0.4 is 4.74 Å². The Morgan fingerprint density at radius 1 is 1.42 bits per heavy atom. The maximum absolute atomic E-state index is 9.38. The van der Waals surface area contributed by atoms with Gasteiger partial charge in [-0.15, -0.1) is 0 Å². The molecule has 3 heteroatoms. The highest BCUT2D eigenvalue weighted by molar-refractivity contribution is 5.83. The van der Waals surface area contributed by atoms with Crippen molar-refractivity contribution in [2.45, 2.75) is 0 Å². The van der Waals surface area contributed by atoms with Gasteiger partial charge < -0.3 is 14.8 Å². The lowest BCUT2D eigenvalue weighted by Crippen LogP contribution is -1.82. The number of aromatic hydroxyl groups is 1. The lowest BCUT2D eigenvalue weighted by atomic mass is 10.2. The summed E-state index contributed by atoms with van der Waals surface area (Å²) in [6.07, 6.45) is 1.82. The van der Waals surface area contributed by atoms with Crippen LogP contribution in [0.3, 0.4) is 0 Å². The molecule has 0 aliphatic carbocycles. The highest BCUT2D eigenvalue weighted by atomic mass is 16.5. The Labute approximate surface area is 69.6 Å². The molecule has 62 valence electrons. The number of nitrogens with one attached hydrogen (secondary N) is 1. The fraction of sp³-hybridized carbons (Fsp3) is 0.111. The number of phenolic OH excluding ortho intramolecular Hbond substituents is 1. The van der Waals surface area contributed by atoms with Crippen molar-refractivity contribution in [1.82, 2.24) is 4.98 Å². The van der Waals surface area contributed by atoms with Crippen molar-refractivity contribution in [2.24, 2.45) is 0 Å². The number of H-pyrrole nitrogens is 1. The zero-order valence-electron chi connectivity index (χ0n) is 6.66. The largest absolute Gasteiger partial charge is 0.504 e. The van der Waals surface area contributed by atoms with Crippen molar-refractivity contribution in [3.8, 4) is 11.5 Å². The Balaban J connectivity index is 2.73. The van der Waals surface area contributed by atoms with Crippen LogP contribution in [0.5, 0.6) is 11.5 Å². The summed E-state index contributed by atoms with van der Waals surface area (Å²) in [5.74, 6) is 0.662. The molecule has 0 saturated carbocycles. The third-order valence-electron chi connectivity index (χ3n) is 1.85. The van der Waals surface area contributed by atoms with Crippen LogP contribution in [-0.4, -0.2) is 17.2 Å². The highest BCUT2D eigenvalue weighted by Crippen LogP contribution is 2.30. The van der Waals surface area contributed by atoms with E-state index in [2.05, 4.69) is 4.98 Å². The topological polar surface area (TPSA) is 45.2 Å². The van der Waals surface area contributed by atoms with Gasteiger partial charge >= 0.3 is 0 Å². The van der Waals surface area contributed by atoms with Gasteiger partial charge in [-0.3, -0.25) is 0 Å². The second-order valence-corrected chi connectivity index (χ2v) is 2.59. The first-order valence-corrected chi connectivity index (χ1v) is 3.65. The second kappa shape index (κ2) is 2.44. The minimum atomic E-state index is 0.160. The molecule has 2 N–H and O–H groups in total. The summed E-state index contributed by atoms with van der Waals surface area (Å²) in [5.41, 5.74) is 0.910. The molecule has 0 unspecified atom stereocenters. The molecule has 0 atom stereocenters. The molecule has 0 aliphatic rings. The SMILES string of the molecule is COc1cc2cc[nH]c2cc1O. The zero-order valence-corrected chi connectivity index (χ0v) is 6.66. The molecule has 2 aromatic rings. The lowest BCUT2D eigenvalue weighted by molar-refractivity contribution is 0.374. The van der Waals surface area contributed by atoms with Crippen molar-refractivity contribution in [2.75, 3.05) is 7.11 Å². The molecule has 2 rings (SSSR count). The molecule has 0 fully saturated rings. The van der Waals surface area contributed by atoms with Crippen molar-refractivity contribution >= 4 is 10.9 Å². The molecule has 0 spiro atoms. The minimum Gasteiger partial charge on any atom is -0.504 e. The van der Waals surface area contributed by atoms with Crippen molar-refractivity contribution < 1.29 is 9.84 Å². The smallest absolute Gasteiger partial charge is 0.161 e. The van der Waals surface area contributed by atoms with E-state index in [1.807, 2.05) is 12.3 Å². The quantitative estimate of drug-likeness (QED) is 0.674. The predicted molar refractivity (Wildman–Crippen MR) is 46.5 cm³/mol. The van der Waals surface area contributed by atoms with Crippen LogP contribution in [0.25, 0.3) is 10.9 Å². The number of methoxy groups -OCH3 is 1. The fourth-order valence-corrected chi connectivity index (χ4v) is 1.23. The first-order valence-electron chi connectivity index (χ1n) is 3.65. The zero-order chi connectivity index (χ0) is 8.55. The van der Waals surface area contributed by atoms with Crippen LogP contribution in [-0.2, 0) is 0 Å². The third kappa shape index (κ3) is 0.906. The van der Waals surface area contributed by atoms with Gasteiger partial charge in [0.15, 0.2) is 11.5 Å². The lowest BCUT2D eigenvalue weighted by Gasteiger charge is -2.02. The Hall–Kier alpha value is -1.64. The first-order chi connectivity index (χ1) is 5.81. The average Bonchev–Trinajstić information content (AvgIpc) is 2.49. The normalized spacial score (nSPS) is 10.4. The number of fused-ring (bicyclic) bond motifs is 1. The van der Waals surface area contributed by atoms with Crippen molar-refractivity contribution in [1.29, 1.82) is 0 Å². The van der Waals surface area contributed by atoms with E-state index in [4.69, 9.17) is 4.74 Å². The van der Waals surface area contributed by atoms with Crippen LogP contribution in [0.2, 0.25) is 0 Å². The van der Waals surface area contributed by atoms with E-state index < -0.39 is 0 Å². The first kappa shape index (κ1) is 7.03. The molecular formula is C9H9NO2. The summed E-state index contributed by atoms with van der Waals surface area (Å²) in [6.45, 7) is 0. The number of hydrogen-bond donors (Lipinski definition) is 2. The van der Waals surface area contributed by atoms with E-state index in [1.54, 1.807) is 12.1 Å². The van der Waals surface area contributed by atoms with Gasteiger partial charge in [-0.1, -0.05) is 0 Å². The van der Waals surface area contributed by atoms with E-state index in [-0.39, 0.29) is 5.75 Å². The van der Waals surface area contributed by atoms with E-state index in [0.29, 0.717) is 5.75 Å². The highest BCUT2D eigenvalue weighted by Gasteiger charge is 2.03. The van der Waals surface area contributed by atoms with Crippen molar-refractivity contribution in [3.63, 3.8) is 0 Å². The van der Waals surface area contributed by atoms with E-state index in [0.717, 1.165) is 10.9 Å². The standard InChI is InChI=1S/C9H9NO2/c1-12-9-4-6-2-3-10-7(6)5-8(9)11/h2-5,10-11H,1H3. The van der Waals surface area contributed by atoms with Crippen molar-refractivity contribution in [3.05, 3.63) is 24.4 Å². The molecular weight excluding hydrogens is 154 g/mol. The number of ether oxygens (including phenoxy) is 1. The number of aromatic amines is 1. The summed E-state index contributed by atoms with van der Waals surface area (Å²) in [7, 11) is 1.54. The van der Waals surface area contributed by atoms with Gasteiger partial charge in [-0.2, -0.15) is 0 Å². The van der Waals surface area contributed by atoms with Gasteiger partial charge in [0.25, 0.3) is 0 Å². The number of phenols is 1. The van der Waals surface area contributed by atoms with Gasteiger partial charge in [-0.05, 0) is 12.1 Å². The molecule has 3 nitrogen and oxygen atoms in total. The molecule has 0 saturated heterocycles. The second-order valence-electron chi connectivity index (χ2n) is 2.59. The van der Waals surface area contributed by atoms with Gasteiger partial charge in [-0.25, -0.2) is 0 Å². The Bertz CT molecular complexity index is 406. The molecule has 0 radical (unpaired) electrons. The van der Waals surface area contributed by atoms with Crippen LogP contribution in [0, 0.1) is 0 Å². The maximum Gasteiger partial charge on any atom is 0.161 e. The molecule has 1 aromatic carbocycles. The summed E-state index contributed by atoms with van der Waals surface area (Å²) in [6, 6.07) is 5.37. The number of aromatic nitrogens is 1. The number of hydrogen-bond acceptors (Lipinski definition) is 2. The third-order valence-corrected chi connectivity index (χ3v) is 1.85. The van der Waals surface area contributed by atoms with Crippen LogP contribution in [0.4, 0.5) is 0 Å². The van der Waals surface area contributed by atoms with Crippen LogP contribution in [0.1, 0.15) is 0 Å². The Morgan fingerprint density at radius 2 is 2.25 bits per heavy atom. The summed E-state index contributed by atoms with van der Waals surface area (Å²) < 4.78 is 4.96.